The zero-order valence-corrected chi connectivity index (χ0v) is 13.6. The van der Waals surface area contributed by atoms with Crippen molar-refractivity contribution in [1.29, 1.82) is 0 Å². The first-order valence-corrected chi connectivity index (χ1v) is 9.61. The maximum Gasteiger partial charge on any atom is 0.317 e. The van der Waals surface area contributed by atoms with Crippen molar-refractivity contribution >= 4 is 16.2 Å². The van der Waals surface area contributed by atoms with Crippen LogP contribution in [-0.4, -0.2) is 67.0 Å². The number of nitrogens with one attached hydrogen (secondary N) is 1. The number of carbonyl (C=O) groups is 1. The van der Waals surface area contributed by atoms with Gasteiger partial charge in [-0.1, -0.05) is 0 Å². The van der Waals surface area contributed by atoms with Gasteiger partial charge in [-0.2, -0.15) is 17.4 Å². The van der Waals surface area contributed by atoms with Crippen LogP contribution >= 0.6 is 0 Å². The van der Waals surface area contributed by atoms with E-state index in [-0.39, 0.29) is 18.6 Å². The molecule has 126 valence electrons. The van der Waals surface area contributed by atoms with Gasteiger partial charge in [0.1, 0.15) is 0 Å². The van der Waals surface area contributed by atoms with Crippen molar-refractivity contribution < 1.29 is 18.3 Å². The monoisotopic (exact) mass is 331 g/mol. The van der Waals surface area contributed by atoms with E-state index in [0.29, 0.717) is 31.8 Å². The van der Waals surface area contributed by atoms with E-state index in [1.165, 1.54) is 17.1 Å². The molecule has 1 saturated heterocycles. The fourth-order valence-corrected chi connectivity index (χ4v) is 4.85. The zero-order valence-electron chi connectivity index (χ0n) is 12.8. The van der Waals surface area contributed by atoms with Crippen molar-refractivity contribution in [2.45, 2.75) is 50.6 Å². The van der Waals surface area contributed by atoms with Gasteiger partial charge in [-0.05, 0) is 44.4 Å². The Bertz CT molecular complexity index is 508. The van der Waals surface area contributed by atoms with E-state index in [2.05, 4.69) is 4.72 Å². The lowest BCUT2D eigenvalue weighted by molar-refractivity contribution is -0.139. The fraction of sp³-hybridized carbons (Fsp3) is 0.929. The molecule has 2 aliphatic carbocycles. The Morgan fingerprint density at radius 2 is 1.86 bits per heavy atom. The first kappa shape index (κ1) is 16.2. The minimum Gasteiger partial charge on any atom is -0.480 e. The maximum atomic E-state index is 12.2. The Morgan fingerprint density at radius 1 is 1.23 bits per heavy atom. The molecule has 0 unspecified atom stereocenters. The van der Waals surface area contributed by atoms with Gasteiger partial charge >= 0.3 is 5.97 Å². The third-order valence-electron chi connectivity index (χ3n) is 4.88. The molecule has 3 fully saturated rings. The van der Waals surface area contributed by atoms with Crippen molar-refractivity contribution in [3.05, 3.63) is 0 Å². The SMILES string of the molecule is O=C(O)CN(CC1CC1)C1CC(NS(=O)(=O)N2CCCC2)C1. The van der Waals surface area contributed by atoms with Crippen LogP contribution in [0, 0.1) is 5.92 Å². The standard InChI is InChI=1S/C14H25N3O4S/c18-14(19)10-16(9-11-3-4-11)13-7-12(8-13)15-22(20,21)17-5-1-2-6-17/h11-13,15H,1-10H2,(H,18,19). The molecule has 0 aromatic carbocycles. The summed E-state index contributed by atoms with van der Waals surface area (Å²) in [6, 6.07) is 0.147. The lowest BCUT2D eigenvalue weighted by Crippen LogP contribution is -2.57. The Labute approximate surface area is 131 Å². The normalized spacial score (nSPS) is 29.7. The Kier molecular flexibility index (Phi) is 4.72. The predicted octanol–water partition coefficient (Wildman–Crippen LogP) is 0.244. The molecule has 0 atom stereocenters. The van der Waals surface area contributed by atoms with Gasteiger partial charge in [0.05, 0.1) is 6.54 Å². The highest BCUT2D eigenvalue weighted by Gasteiger charge is 2.39. The molecular formula is C14H25N3O4S. The number of carboxylic acid groups (broad SMARTS) is 1. The molecule has 3 rings (SSSR count). The molecule has 3 aliphatic rings. The van der Waals surface area contributed by atoms with Crippen LogP contribution in [0.3, 0.4) is 0 Å². The highest BCUT2D eigenvalue weighted by Crippen LogP contribution is 2.34. The van der Waals surface area contributed by atoms with Crippen LogP contribution < -0.4 is 4.72 Å². The highest BCUT2D eigenvalue weighted by molar-refractivity contribution is 7.87. The highest BCUT2D eigenvalue weighted by atomic mass is 32.2. The van der Waals surface area contributed by atoms with E-state index >= 15 is 0 Å². The lowest BCUT2D eigenvalue weighted by Gasteiger charge is -2.42. The molecule has 7 nitrogen and oxygen atoms in total. The number of hydrogen-bond acceptors (Lipinski definition) is 4. The van der Waals surface area contributed by atoms with Gasteiger partial charge in [-0.3, -0.25) is 9.69 Å². The molecule has 8 heteroatoms. The number of nitrogens with zero attached hydrogens (tertiary/aromatic N) is 2. The van der Waals surface area contributed by atoms with Gasteiger partial charge < -0.3 is 5.11 Å². The number of aliphatic carboxylic acids is 1. The lowest BCUT2D eigenvalue weighted by atomic mass is 9.86. The minimum absolute atomic E-state index is 0.0499. The molecule has 0 aromatic heterocycles. The Balaban J connectivity index is 1.48. The summed E-state index contributed by atoms with van der Waals surface area (Å²) in [5.74, 6) is -0.165. The van der Waals surface area contributed by atoms with Gasteiger partial charge in [0.25, 0.3) is 10.2 Å². The summed E-state index contributed by atoms with van der Waals surface area (Å²) in [5, 5.41) is 9.02. The van der Waals surface area contributed by atoms with Crippen LogP contribution in [-0.2, 0) is 15.0 Å². The summed E-state index contributed by atoms with van der Waals surface area (Å²) in [4.78, 5) is 13.0. The van der Waals surface area contributed by atoms with Crippen molar-refractivity contribution in [3.63, 3.8) is 0 Å². The van der Waals surface area contributed by atoms with E-state index in [4.69, 9.17) is 5.11 Å². The van der Waals surface area contributed by atoms with Crippen molar-refractivity contribution in [2.24, 2.45) is 5.92 Å². The van der Waals surface area contributed by atoms with Gasteiger partial charge in [-0.15, -0.1) is 0 Å². The summed E-state index contributed by atoms with van der Waals surface area (Å²) < 4.78 is 28.6. The van der Waals surface area contributed by atoms with Crippen molar-refractivity contribution in [1.82, 2.24) is 13.9 Å². The number of hydrogen-bond donors (Lipinski definition) is 2. The van der Waals surface area contributed by atoms with E-state index < -0.39 is 16.2 Å². The minimum atomic E-state index is -3.35. The first-order valence-electron chi connectivity index (χ1n) is 8.17. The second kappa shape index (κ2) is 6.43. The second-order valence-corrected chi connectivity index (χ2v) is 8.52. The number of rotatable bonds is 8. The molecule has 0 aromatic rings. The van der Waals surface area contributed by atoms with Crippen molar-refractivity contribution in [3.8, 4) is 0 Å². The first-order chi connectivity index (χ1) is 10.4. The smallest absolute Gasteiger partial charge is 0.317 e. The third kappa shape index (κ3) is 3.98. The van der Waals surface area contributed by atoms with Crippen LogP contribution in [0.25, 0.3) is 0 Å². The second-order valence-electron chi connectivity index (χ2n) is 6.82. The molecule has 1 aliphatic heterocycles. The summed E-state index contributed by atoms with van der Waals surface area (Å²) in [7, 11) is -3.35. The Morgan fingerprint density at radius 3 is 2.41 bits per heavy atom. The molecule has 22 heavy (non-hydrogen) atoms. The molecule has 2 N–H and O–H groups in total. The molecule has 0 spiro atoms. The molecule has 0 radical (unpaired) electrons. The van der Waals surface area contributed by atoms with E-state index in [1.54, 1.807) is 0 Å². The van der Waals surface area contributed by atoms with Gasteiger partial charge in [0.15, 0.2) is 0 Å². The quantitative estimate of drug-likeness (QED) is 0.665. The van der Waals surface area contributed by atoms with Gasteiger partial charge in [0.2, 0.25) is 0 Å². The maximum absolute atomic E-state index is 12.2. The molecular weight excluding hydrogens is 306 g/mol. The molecule has 2 saturated carbocycles. The van der Waals surface area contributed by atoms with E-state index in [9.17, 15) is 13.2 Å². The molecule has 1 heterocycles. The fourth-order valence-electron chi connectivity index (χ4n) is 3.34. The molecule has 0 amide bonds. The van der Waals surface area contributed by atoms with Crippen LogP contribution in [0.4, 0.5) is 0 Å². The van der Waals surface area contributed by atoms with Gasteiger partial charge in [0, 0.05) is 31.7 Å². The van der Waals surface area contributed by atoms with E-state index in [0.717, 1.165) is 19.4 Å². The topological polar surface area (TPSA) is 90.0 Å². The third-order valence-corrected chi connectivity index (χ3v) is 6.55. The van der Waals surface area contributed by atoms with Crippen LogP contribution in [0.5, 0.6) is 0 Å². The van der Waals surface area contributed by atoms with Crippen LogP contribution in [0.1, 0.15) is 38.5 Å². The Hall–Kier alpha value is -0.700. The predicted molar refractivity (Wildman–Crippen MR) is 81.6 cm³/mol. The summed E-state index contributed by atoms with van der Waals surface area (Å²) in [6.07, 6.45) is 5.67. The summed E-state index contributed by atoms with van der Waals surface area (Å²) in [5.41, 5.74) is 0. The zero-order chi connectivity index (χ0) is 15.7. The van der Waals surface area contributed by atoms with Crippen LogP contribution in [0.2, 0.25) is 0 Å². The van der Waals surface area contributed by atoms with E-state index in [1.807, 2.05) is 4.90 Å². The largest absolute Gasteiger partial charge is 0.480 e. The summed E-state index contributed by atoms with van der Waals surface area (Å²) >= 11 is 0. The van der Waals surface area contributed by atoms with Gasteiger partial charge in [-0.25, -0.2) is 0 Å². The van der Waals surface area contributed by atoms with Crippen LogP contribution in [0.15, 0.2) is 0 Å². The number of carboxylic acids is 1. The molecule has 0 bridgehead atoms. The van der Waals surface area contributed by atoms with Crippen molar-refractivity contribution in [2.75, 3.05) is 26.2 Å². The summed E-state index contributed by atoms with van der Waals surface area (Å²) in [6.45, 7) is 2.12. The average Bonchev–Trinajstić information content (AvgIpc) is 3.02. The average molecular weight is 331 g/mol.